The van der Waals surface area contributed by atoms with Gasteiger partial charge < -0.3 is 14.6 Å². The molecule has 0 aromatic carbocycles. The third-order valence-electron chi connectivity index (χ3n) is 3.57. The fourth-order valence-corrected chi connectivity index (χ4v) is 2.17. The lowest BCUT2D eigenvalue weighted by Crippen LogP contribution is -2.43. The van der Waals surface area contributed by atoms with Crippen molar-refractivity contribution in [3.05, 3.63) is 24.2 Å². The minimum atomic E-state index is -1.31. The molecule has 0 radical (unpaired) electrons. The van der Waals surface area contributed by atoms with E-state index in [1.54, 1.807) is 12.1 Å². The number of amides is 4. The number of hydrogen-bond acceptors (Lipinski definition) is 5. The number of carbonyl (C=O) groups is 3. The van der Waals surface area contributed by atoms with E-state index in [4.69, 9.17) is 9.68 Å². The quantitative estimate of drug-likeness (QED) is 0.793. The zero-order chi connectivity index (χ0) is 16.3. The summed E-state index contributed by atoms with van der Waals surface area (Å²) in [5.74, 6) is -0.657. The van der Waals surface area contributed by atoms with Crippen molar-refractivity contribution in [2.45, 2.75) is 18.9 Å². The van der Waals surface area contributed by atoms with Crippen LogP contribution in [-0.2, 0) is 15.1 Å². The van der Waals surface area contributed by atoms with E-state index in [0.29, 0.717) is 5.76 Å². The Labute approximate surface area is 127 Å². The molecule has 2 heterocycles. The minimum absolute atomic E-state index is 0.187. The summed E-state index contributed by atoms with van der Waals surface area (Å²) in [4.78, 5) is 38.6. The highest BCUT2D eigenvalue weighted by Gasteiger charge is 2.51. The first kappa shape index (κ1) is 15.6. The summed E-state index contributed by atoms with van der Waals surface area (Å²) in [5.41, 5.74) is -1.31. The van der Waals surface area contributed by atoms with Crippen LogP contribution in [0.1, 0.15) is 19.1 Å². The molecular weight excluding hydrogens is 288 g/mol. The molecule has 8 heteroatoms. The third kappa shape index (κ3) is 2.65. The molecule has 1 N–H and O–H groups in total. The van der Waals surface area contributed by atoms with E-state index in [9.17, 15) is 14.4 Å². The molecule has 8 nitrogen and oxygen atoms in total. The standard InChI is InChI=1S/C14H16N4O4/c1-14(10-5-3-8-22-10)12(20)18(13(21)16-14)9-11(19)17(2)7-4-6-15/h3,5,8H,4,7,9H2,1-2H3,(H,16,21). The highest BCUT2D eigenvalue weighted by molar-refractivity contribution is 6.08. The Bertz CT molecular complexity index is 634. The summed E-state index contributed by atoms with van der Waals surface area (Å²) >= 11 is 0. The lowest BCUT2D eigenvalue weighted by molar-refractivity contribution is -0.138. The molecule has 1 aromatic rings. The van der Waals surface area contributed by atoms with Gasteiger partial charge in [0.2, 0.25) is 5.91 Å². The maximum Gasteiger partial charge on any atom is 0.325 e. The number of imide groups is 1. The van der Waals surface area contributed by atoms with E-state index in [1.165, 1.54) is 25.1 Å². The Morgan fingerprint density at radius 2 is 2.27 bits per heavy atom. The predicted molar refractivity (Wildman–Crippen MR) is 74.2 cm³/mol. The predicted octanol–water partition coefficient (Wildman–Crippen LogP) is 0.419. The molecular formula is C14H16N4O4. The van der Waals surface area contributed by atoms with Crippen LogP contribution in [0.15, 0.2) is 22.8 Å². The second kappa shape index (κ2) is 5.89. The van der Waals surface area contributed by atoms with Gasteiger partial charge in [-0.05, 0) is 19.1 Å². The van der Waals surface area contributed by atoms with E-state index in [2.05, 4.69) is 5.32 Å². The topological polar surface area (TPSA) is 107 Å². The summed E-state index contributed by atoms with van der Waals surface area (Å²) in [7, 11) is 1.52. The van der Waals surface area contributed by atoms with Crippen molar-refractivity contribution in [3.63, 3.8) is 0 Å². The van der Waals surface area contributed by atoms with Gasteiger partial charge in [-0.1, -0.05) is 0 Å². The van der Waals surface area contributed by atoms with Crippen LogP contribution >= 0.6 is 0 Å². The van der Waals surface area contributed by atoms with Crippen molar-refractivity contribution >= 4 is 17.8 Å². The number of hydrogen-bond donors (Lipinski definition) is 1. The van der Waals surface area contributed by atoms with Crippen LogP contribution in [0.2, 0.25) is 0 Å². The minimum Gasteiger partial charge on any atom is -0.466 e. The smallest absolute Gasteiger partial charge is 0.325 e. The molecule has 1 saturated heterocycles. The first-order chi connectivity index (χ1) is 10.4. The summed E-state index contributed by atoms with van der Waals surface area (Å²) in [6.07, 6.45) is 1.59. The maximum absolute atomic E-state index is 12.5. The molecule has 1 unspecified atom stereocenters. The van der Waals surface area contributed by atoms with Gasteiger partial charge in [0.15, 0.2) is 5.54 Å². The van der Waals surface area contributed by atoms with Crippen LogP contribution in [-0.4, -0.2) is 47.8 Å². The van der Waals surface area contributed by atoms with Crippen LogP contribution in [0.4, 0.5) is 4.79 Å². The normalized spacial score (nSPS) is 20.7. The maximum atomic E-state index is 12.5. The molecule has 2 rings (SSSR count). The average Bonchev–Trinajstić information content (AvgIpc) is 3.09. The first-order valence-corrected chi connectivity index (χ1v) is 6.69. The second-order valence-electron chi connectivity index (χ2n) is 5.15. The molecule has 0 saturated carbocycles. The number of nitrogens with one attached hydrogen (secondary N) is 1. The van der Waals surface area contributed by atoms with Crippen molar-refractivity contribution in [1.29, 1.82) is 5.26 Å². The van der Waals surface area contributed by atoms with Gasteiger partial charge in [-0.3, -0.25) is 14.5 Å². The summed E-state index contributed by atoms with van der Waals surface area (Å²) < 4.78 is 5.20. The van der Waals surface area contributed by atoms with E-state index in [1.807, 2.05) is 6.07 Å². The zero-order valence-corrected chi connectivity index (χ0v) is 12.3. The van der Waals surface area contributed by atoms with Crippen LogP contribution in [0, 0.1) is 11.3 Å². The average molecular weight is 304 g/mol. The van der Waals surface area contributed by atoms with Gasteiger partial charge in [-0.15, -0.1) is 0 Å². The molecule has 1 aromatic heterocycles. The molecule has 116 valence electrons. The Morgan fingerprint density at radius 1 is 1.55 bits per heavy atom. The van der Waals surface area contributed by atoms with E-state index < -0.39 is 23.4 Å². The van der Waals surface area contributed by atoms with Gasteiger partial charge in [-0.2, -0.15) is 5.26 Å². The molecule has 22 heavy (non-hydrogen) atoms. The highest BCUT2D eigenvalue weighted by atomic mass is 16.3. The summed E-state index contributed by atoms with van der Waals surface area (Å²) in [5, 5.41) is 11.1. The molecule has 0 bridgehead atoms. The van der Waals surface area contributed by atoms with Crippen LogP contribution in [0.3, 0.4) is 0 Å². The number of furan rings is 1. The third-order valence-corrected chi connectivity index (χ3v) is 3.57. The van der Waals surface area contributed by atoms with Gasteiger partial charge in [0.25, 0.3) is 5.91 Å². The van der Waals surface area contributed by atoms with Gasteiger partial charge in [0.1, 0.15) is 12.3 Å². The van der Waals surface area contributed by atoms with Crippen LogP contribution in [0.25, 0.3) is 0 Å². The highest BCUT2D eigenvalue weighted by Crippen LogP contribution is 2.28. The van der Waals surface area contributed by atoms with Crippen molar-refractivity contribution in [3.8, 4) is 6.07 Å². The van der Waals surface area contributed by atoms with Crippen molar-refractivity contribution < 1.29 is 18.8 Å². The van der Waals surface area contributed by atoms with Gasteiger partial charge in [-0.25, -0.2) is 4.79 Å². The molecule has 1 fully saturated rings. The first-order valence-electron chi connectivity index (χ1n) is 6.69. The molecule has 0 spiro atoms. The largest absolute Gasteiger partial charge is 0.466 e. The molecule has 0 aliphatic carbocycles. The Morgan fingerprint density at radius 3 is 2.86 bits per heavy atom. The zero-order valence-electron chi connectivity index (χ0n) is 12.3. The van der Waals surface area contributed by atoms with Gasteiger partial charge in [0.05, 0.1) is 18.8 Å². The fourth-order valence-electron chi connectivity index (χ4n) is 2.17. The number of nitrogens with zero attached hydrogens (tertiary/aromatic N) is 3. The van der Waals surface area contributed by atoms with Gasteiger partial charge in [0, 0.05) is 13.6 Å². The van der Waals surface area contributed by atoms with Crippen LogP contribution < -0.4 is 5.32 Å². The summed E-state index contributed by atoms with van der Waals surface area (Å²) in [6.45, 7) is 1.40. The number of urea groups is 1. The number of rotatable bonds is 5. The van der Waals surface area contributed by atoms with Crippen molar-refractivity contribution in [1.82, 2.24) is 15.1 Å². The lowest BCUT2D eigenvalue weighted by atomic mass is 9.99. The van der Waals surface area contributed by atoms with E-state index in [0.717, 1.165) is 4.90 Å². The summed E-state index contributed by atoms with van der Waals surface area (Å²) in [6, 6.07) is 4.48. The SMILES string of the molecule is CN(CCC#N)C(=O)CN1C(=O)NC(C)(c2ccco2)C1=O. The monoisotopic (exact) mass is 304 g/mol. The van der Waals surface area contributed by atoms with E-state index in [-0.39, 0.29) is 19.5 Å². The van der Waals surface area contributed by atoms with Gasteiger partial charge >= 0.3 is 6.03 Å². The molecule has 4 amide bonds. The van der Waals surface area contributed by atoms with Crippen LogP contribution in [0.5, 0.6) is 0 Å². The van der Waals surface area contributed by atoms with Crippen molar-refractivity contribution in [2.24, 2.45) is 0 Å². The Kier molecular flexibility index (Phi) is 4.17. The van der Waals surface area contributed by atoms with Crippen molar-refractivity contribution in [2.75, 3.05) is 20.1 Å². The number of carbonyl (C=O) groups excluding carboxylic acids is 3. The number of likely N-dealkylation sites (N-methyl/N-ethyl adjacent to an activating group) is 1. The lowest BCUT2D eigenvalue weighted by Gasteiger charge is -2.21. The second-order valence-corrected chi connectivity index (χ2v) is 5.15. The van der Waals surface area contributed by atoms with E-state index >= 15 is 0 Å². The molecule has 1 aliphatic heterocycles. The Hall–Kier alpha value is -2.82. The number of nitriles is 1. The molecule has 1 aliphatic rings. The fraction of sp³-hybridized carbons (Fsp3) is 0.429. The Balaban J connectivity index is 2.10. The molecule has 1 atom stereocenters.